The largest absolute Gasteiger partial charge is 0.489 e. The van der Waals surface area contributed by atoms with Crippen LogP contribution in [0.5, 0.6) is 5.75 Å². The molecule has 1 aromatic carbocycles. The van der Waals surface area contributed by atoms with E-state index in [1.807, 2.05) is 0 Å². The molecule has 11 heteroatoms. The van der Waals surface area contributed by atoms with Crippen LogP contribution < -0.4 is 16.2 Å². The number of ether oxygens (including phenoxy) is 1. The van der Waals surface area contributed by atoms with Crippen molar-refractivity contribution in [2.24, 2.45) is 0 Å². The van der Waals surface area contributed by atoms with E-state index in [-0.39, 0.29) is 34.1 Å². The number of pyridine rings is 1. The van der Waals surface area contributed by atoms with E-state index in [2.05, 4.69) is 15.0 Å². The van der Waals surface area contributed by atoms with Crippen molar-refractivity contribution in [1.82, 2.24) is 19.5 Å². The Hall–Kier alpha value is -3.47. The second-order valence-electron chi connectivity index (χ2n) is 7.50. The number of fused-ring (bicyclic) bond motifs is 2. The number of aromatic nitrogens is 4. The summed E-state index contributed by atoms with van der Waals surface area (Å²) in [6.45, 7) is -0.0704. The Kier molecular flexibility index (Phi) is 4.85. The number of nitrogen functional groups attached to an aromatic ring is 2. The zero-order chi connectivity index (χ0) is 22.6. The van der Waals surface area contributed by atoms with Gasteiger partial charge in [-0.2, -0.15) is 0 Å². The highest BCUT2D eigenvalue weighted by Crippen LogP contribution is 2.34. The lowest BCUT2D eigenvalue weighted by atomic mass is 10.1. The van der Waals surface area contributed by atoms with Gasteiger partial charge in [0.25, 0.3) is 0 Å². The molecule has 9 nitrogen and oxygen atoms in total. The lowest BCUT2D eigenvalue weighted by molar-refractivity contribution is 0.0295. The van der Waals surface area contributed by atoms with Gasteiger partial charge in [0.05, 0.1) is 22.0 Å². The molecule has 0 saturated carbocycles. The molecule has 0 saturated heterocycles. The number of hydrogen-bond donors (Lipinski definition) is 4. The molecule has 1 aliphatic carbocycles. The summed E-state index contributed by atoms with van der Waals surface area (Å²) in [5.41, 5.74) is 12.8. The summed E-state index contributed by atoms with van der Waals surface area (Å²) in [7, 11) is 0. The zero-order valence-electron chi connectivity index (χ0n) is 16.5. The van der Waals surface area contributed by atoms with Crippen molar-refractivity contribution in [2.75, 3.05) is 18.1 Å². The van der Waals surface area contributed by atoms with Gasteiger partial charge in [-0.15, -0.1) is 0 Å². The molecule has 5 rings (SSSR count). The Labute approximate surface area is 185 Å². The van der Waals surface area contributed by atoms with Crippen LogP contribution in [0.2, 0.25) is 5.02 Å². The summed E-state index contributed by atoms with van der Waals surface area (Å²) < 4.78 is 21.9. The third-order valence-electron chi connectivity index (χ3n) is 5.54. The Morgan fingerprint density at radius 2 is 1.94 bits per heavy atom. The number of halogens is 2. The first kappa shape index (κ1) is 20.4. The van der Waals surface area contributed by atoms with E-state index in [9.17, 15) is 14.6 Å². The number of hydrogen-bond acceptors (Lipinski definition) is 8. The molecule has 0 bridgehead atoms. The minimum atomic E-state index is -1.17. The number of anilines is 2. The molecule has 0 fully saturated rings. The average molecular weight is 457 g/mol. The minimum Gasteiger partial charge on any atom is -0.489 e. The smallest absolute Gasteiger partial charge is 0.146 e. The van der Waals surface area contributed by atoms with Crippen LogP contribution in [0, 0.1) is 5.82 Å². The van der Waals surface area contributed by atoms with Crippen molar-refractivity contribution in [3.63, 3.8) is 0 Å². The third-order valence-corrected chi connectivity index (χ3v) is 5.85. The standard InChI is InChI=1S/C21H18ClFN6O3/c22-13-6-12-14(23)4-10(5-15(12)28-20(13)25)32-7-9-3-16(18(31)17(9)30)29-2-1-11-19(24)26-8-27-21(11)29/h1-6,8,16-18,30-31H,7H2,(H2,25,28)(H2,24,26,27). The molecule has 0 amide bonds. The molecule has 4 aromatic rings. The van der Waals surface area contributed by atoms with Crippen molar-refractivity contribution >= 4 is 45.2 Å². The van der Waals surface area contributed by atoms with Crippen molar-refractivity contribution < 1.29 is 19.3 Å². The van der Waals surface area contributed by atoms with Crippen LogP contribution in [-0.2, 0) is 0 Å². The second-order valence-corrected chi connectivity index (χ2v) is 7.91. The van der Waals surface area contributed by atoms with Crippen LogP contribution in [0.15, 0.2) is 48.4 Å². The maximum absolute atomic E-state index is 14.5. The fraction of sp³-hybridized carbons (Fsp3) is 0.190. The van der Waals surface area contributed by atoms with Crippen LogP contribution in [-0.4, -0.2) is 48.5 Å². The molecule has 3 aromatic heterocycles. The van der Waals surface area contributed by atoms with Crippen molar-refractivity contribution in [1.29, 1.82) is 0 Å². The lowest BCUT2D eigenvalue weighted by Gasteiger charge is -2.19. The van der Waals surface area contributed by atoms with Gasteiger partial charge < -0.3 is 31.0 Å². The average Bonchev–Trinajstić information content (AvgIpc) is 3.31. The molecular formula is C21H18ClFN6O3. The summed E-state index contributed by atoms with van der Waals surface area (Å²) in [6, 6.07) is 5.29. The van der Waals surface area contributed by atoms with Crippen LogP contribution in [0.3, 0.4) is 0 Å². The third kappa shape index (κ3) is 3.29. The van der Waals surface area contributed by atoms with Gasteiger partial charge in [0.2, 0.25) is 0 Å². The SMILES string of the molecule is Nc1nc2cc(OCC3=CC(n4ccc5c(N)ncnc54)C(O)C3O)cc(F)c2cc1Cl. The van der Waals surface area contributed by atoms with E-state index >= 15 is 0 Å². The van der Waals surface area contributed by atoms with E-state index < -0.39 is 24.1 Å². The first-order valence-corrected chi connectivity index (χ1v) is 10.0. The Morgan fingerprint density at radius 3 is 2.75 bits per heavy atom. The molecule has 6 N–H and O–H groups in total. The monoisotopic (exact) mass is 456 g/mol. The van der Waals surface area contributed by atoms with Gasteiger partial charge in [0.15, 0.2) is 0 Å². The minimum absolute atomic E-state index is 0.0704. The summed E-state index contributed by atoms with van der Waals surface area (Å²) in [5.74, 6) is 0.0335. The molecule has 0 aliphatic heterocycles. The number of benzene rings is 1. The van der Waals surface area contributed by atoms with Gasteiger partial charge in [-0.25, -0.2) is 19.3 Å². The van der Waals surface area contributed by atoms with Gasteiger partial charge >= 0.3 is 0 Å². The zero-order valence-corrected chi connectivity index (χ0v) is 17.2. The number of aliphatic hydroxyl groups excluding tert-OH is 2. The predicted molar refractivity (Wildman–Crippen MR) is 118 cm³/mol. The van der Waals surface area contributed by atoms with Crippen LogP contribution >= 0.6 is 11.6 Å². The normalized spacial score (nSPS) is 20.8. The molecular weight excluding hydrogens is 439 g/mol. The molecule has 3 atom stereocenters. The van der Waals surface area contributed by atoms with Gasteiger partial charge in [0, 0.05) is 23.7 Å². The topological polar surface area (TPSA) is 145 Å². The molecule has 3 heterocycles. The first-order chi connectivity index (χ1) is 15.3. The fourth-order valence-corrected chi connectivity index (χ4v) is 4.03. The maximum Gasteiger partial charge on any atom is 0.146 e. The van der Waals surface area contributed by atoms with Gasteiger partial charge in [-0.3, -0.25) is 0 Å². The molecule has 32 heavy (non-hydrogen) atoms. The van der Waals surface area contributed by atoms with Crippen LogP contribution in [0.1, 0.15) is 6.04 Å². The highest BCUT2D eigenvalue weighted by Gasteiger charge is 2.36. The fourth-order valence-electron chi connectivity index (χ4n) is 3.88. The number of nitrogens with two attached hydrogens (primary N) is 2. The molecule has 0 radical (unpaired) electrons. The van der Waals surface area contributed by atoms with Gasteiger partial charge in [-0.05, 0) is 17.7 Å². The van der Waals surface area contributed by atoms with Crippen LogP contribution in [0.4, 0.5) is 16.0 Å². The van der Waals surface area contributed by atoms with Crippen molar-refractivity contribution in [2.45, 2.75) is 18.2 Å². The maximum atomic E-state index is 14.5. The Balaban J connectivity index is 1.42. The van der Waals surface area contributed by atoms with Gasteiger partial charge in [0.1, 0.15) is 54.0 Å². The number of aliphatic hydroxyl groups is 2. The summed E-state index contributed by atoms with van der Waals surface area (Å²) in [5, 5.41) is 22.2. The summed E-state index contributed by atoms with van der Waals surface area (Å²) in [6.07, 6.45) is 2.45. The van der Waals surface area contributed by atoms with E-state index in [0.29, 0.717) is 22.4 Å². The number of nitrogens with zero attached hydrogens (tertiary/aromatic N) is 4. The second kappa shape index (κ2) is 7.59. The highest BCUT2D eigenvalue weighted by molar-refractivity contribution is 6.33. The van der Waals surface area contributed by atoms with E-state index in [0.717, 1.165) is 0 Å². The summed E-state index contributed by atoms with van der Waals surface area (Å²) >= 11 is 5.92. The molecule has 3 unspecified atom stereocenters. The van der Waals surface area contributed by atoms with Crippen molar-refractivity contribution in [3.05, 3.63) is 59.3 Å². The summed E-state index contributed by atoms with van der Waals surface area (Å²) in [4.78, 5) is 12.3. The molecule has 164 valence electrons. The van der Waals surface area contributed by atoms with Crippen LogP contribution in [0.25, 0.3) is 21.9 Å². The molecule has 1 aliphatic rings. The molecule has 0 spiro atoms. The number of rotatable bonds is 4. The van der Waals surface area contributed by atoms with Gasteiger partial charge in [-0.1, -0.05) is 17.7 Å². The Morgan fingerprint density at radius 1 is 1.12 bits per heavy atom. The quantitative estimate of drug-likeness (QED) is 0.342. The highest BCUT2D eigenvalue weighted by atomic mass is 35.5. The van der Waals surface area contributed by atoms with E-state index in [1.54, 1.807) is 22.9 Å². The first-order valence-electron chi connectivity index (χ1n) is 9.65. The van der Waals surface area contributed by atoms with E-state index in [1.165, 1.54) is 24.5 Å². The predicted octanol–water partition coefficient (Wildman–Crippen LogP) is 2.22. The van der Waals surface area contributed by atoms with E-state index in [4.69, 9.17) is 27.8 Å². The van der Waals surface area contributed by atoms with Crippen molar-refractivity contribution in [3.8, 4) is 5.75 Å². The lowest BCUT2D eigenvalue weighted by Crippen LogP contribution is -2.30. The Bertz CT molecular complexity index is 1390.